The maximum atomic E-state index is 12.4. The van der Waals surface area contributed by atoms with Crippen molar-refractivity contribution in [2.45, 2.75) is 26.3 Å². The molecule has 1 amide bonds. The number of aromatic nitrogens is 2. The molecule has 2 rings (SSSR count). The van der Waals surface area contributed by atoms with Gasteiger partial charge in [0, 0.05) is 6.92 Å². The van der Waals surface area contributed by atoms with E-state index in [1.165, 1.54) is 13.0 Å². The zero-order valence-corrected chi connectivity index (χ0v) is 14.2. The molecule has 0 saturated carbocycles. The highest BCUT2D eigenvalue weighted by atomic mass is 16.5. The average molecular weight is 331 g/mol. The van der Waals surface area contributed by atoms with E-state index >= 15 is 0 Å². The Hall–Kier alpha value is -2.83. The van der Waals surface area contributed by atoms with E-state index in [0.29, 0.717) is 17.9 Å². The van der Waals surface area contributed by atoms with Crippen molar-refractivity contribution in [1.82, 2.24) is 15.5 Å². The normalized spacial score (nSPS) is 11.7. The second-order valence-electron chi connectivity index (χ2n) is 5.27. The van der Waals surface area contributed by atoms with Crippen LogP contribution in [0.15, 0.2) is 24.3 Å². The summed E-state index contributed by atoms with van der Waals surface area (Å²) in [6, 6.07) is 6.75. The molecule has 0 unspecified atom stereocenters. The minimum absolute atomic E-state index is 0.197. The smallest absolute Gasteiger partial charge is 0.269 e. The fraction of sp³-hybridized carbons (Fsp3) is 0.353. The van der Waals surface area contributed by atoms with Crippen molar-refractivity contribution in [1.29, 1.82) is 0 Å². The van der Waals surface area contributed by atoms with Crippen LogP contribution in [-0.4, -0.2) is 36.1 Å². The molecule has 1 aromatic heterocycles. The quantitative estimate of drug-likeness (QED) is 0.760. The summed E-state index contributed by atoms with van der Waals surface area (Å²) in [7, 11) is 3.14. The van der Waals surface area contributed by atoms with Crippen LogP contribution in [0.5, 0.6) is 11.5 Å². The van der Waals surface area contributed by atoms with Gasteiger partial charge in [-0.1, -0.05) is 13.0 Å². The molecule has 0 spiro atoms. The number of ketones is 1. The zero-order valence-electron chi connectivity index (χ0n) is 14.2. The van der Waals surface area contributed by atoms with E-state index in [1.807, 2.05) is 19.1 Å². The molecule has 0 aliphatic heterocycles. The number of methoxy groups -OCH3 is 2. The predicted octanol–water partition coefficient (Wildman–Crippen LogP) is 2.51. The Morgan fingerprint density at radius 3 is 2.46 bits per heavy atom. The summed E-state index contributed by atoms with van der Waals surface area (Å²) in [6.07, 6.45) is 0.689. The van der Waals surface area contributed by atoms with Crippen LogP contribution >= 0.6 is 0 Å². The molecule has 0 fully saturated rings. The maximum absolute atomic E-state index is 12.4. The highest BCUT2D eigenvalue weighted by Gasteiger charge is 2.18. The lowest BCUT2D eigenvalue weighted by Gasteiger charge is -2.18. The van der Waals surface area contributed by atoms with Crippen molar-refractivity contribution in [2.75, 3.05) is 14.2 Å². The highest BCUT2D eigenvalue weighted by Crippen LogP contribution is 2.30. The summed E-state index contributed by atoms with van der Waals surface area (Å²) in [4.78, 5) is 23.6. The number of benzene rings is 1. The van der Waals surface area contributed by atoms with E-state index in [4.69, 9.17) is 9.47 Å². The van der Waals surface area contributed by atoms with Crippen LogP contribution < -0.4 is 14.8 Å². The Bertz CT molecular complexity index is 739. The third-order valence-electron chi connectivity index (χ3n) is 3.71. The topological polar surface area (TPSA) is 93.3 Å². The highest BCUT2D eigenvalue weighted by molar-refractivity contribution is 5.97. The Balaban J connectivity index is 2.19. The molecule has 0 radical (unpaired) electrons. The molecule has 1 heterocycles. The zero-order chi connectivity index (χ0) is 17.7. The third-order valence-corrected chi connectivity index (χ3v) is 3.71. The summed E-state index contributed by atoms with van der Waals surface area (Å²) >= 11 is 0. The van der Waals surface area contributed by atoms with E-state index in [2.05, 4.69) is 15.5 Å². The lowest BCUT2D eigenvalue weighted by molar-refractivity contribution is 0.0930. The maximum Gasteiger partial charge on any atom is 0.269 e. The first-order valence-corrected chi connectivity index (χ1v) is 7.59. The van der Waals surface area contributed by atoms with Gasteiger partial charge in [-0.3, -0.25) is 14.7 Å². The lowest BCUT2D eigenvalue weighted by atomic mass is 10.0. The fourth-order valence-electron chi connectivity index (χ4n) is 2.35. The minimum atomic E-state index is -0.323. The summed E-state index contributed by atoms with van der Waals surface area (Å²) in [6.45, 7) is 3.37. The van der Waals surface area contributed by atoms with Gasteiger partial charge in [-0.25, -0.2) is 0 Å². The number of amides is 1. The largest absolute Gasteiger partial charge is 0.493 e. The third kappa shape index (κ3) is 3.73. The lowest BCUT2D eigenvalue weighted by Crippen LogP contribution is -2.28. The summed E-state index contributed by atoms with van der Waals surface area (Å²) in [5.41, 5.74) is 1.38. The molecule has 7 nitrogen and oxygen atoms in total. The molecular weight excluding hydrogens is 310 g/mol. The van der Waals surface area contributed by atoms with Gasteiger partial charge in [-0.05, 0) is 30.2 Å². The molecule has 1 atom stereocenters. The molecule has 2 N–H and O–H groups in total. The summed E-state index contributed by atoms with van der Waals surface area (Å²) in [5, 5.41) is 9.32. The molecular formula is C17H21N3O4. The number of aromatic amines is 1. The van der Waals surface area contributed by atoms with Crippen molar-refractivity contribution in [3.05, 3.63) is 41.2 Å². The van der Waals surface area contributed by atoms with Gasteiger partial charge >= 0.3 is 0 Å². The van der Waals surface area contributed by atoms with Crippen molar-refractivity contribution < 1.29 is 19.1 Å². The Morgan fingerprint density at radius 1 is 1.21 bits per heavy atom. The predicted molar refractivity (Wildman–Crippen MR) is 88.6 cm³/mol. The van der Waals surface area contributed by atoms with Gasteiger partial charge in [0.15, 0.2) is 17.3 Å². The van der Waals surface area contributed by atoms with E-state index < -0.39 is 0 Å². The van der Waals surface area contributed by atoms with Crippen molar-refractivity contribution in [3.8, 4) is 11.5 Å². The van der Waals surface area contributed by atoms with Gasteiger partial charge in [0.2, 0.25) is 0 Å². The number of ether oxygens (including phenoxy) is 2. The standard InChI is InChI=1S/C17H21N3O4/c1-5-12(11-6-7-15(23-3)16(8-11)24-4)18-17(22)14-9-13(10(2)21)19-20-14/h6-9,12H,5H2,1-4H3,(H,18,22)(H,19,20)/t12-/m0/s1. The fourth-order valence-corrected chi connectivity index (χ4v) is 2.35. The minimum Gasteiger partial charge on any atom is -0.493 e. The molecule has 128 valence electrons. The van der Waals surface area contributed by atoms with Crippen LogP contribution in [0.25, 0.3) is 0 Å². The van der Waals surface area contributed by atoms with Crippen LogP contribution in [0.4, 0.5) is 0 Å². The van der Waals surface area contributed by atoms with E-state index in [-0.39, 0.29) is 29.1 Å². The molecule has 0 bridgehead atoms. The summed E-state index contributed by atoms with van der Waals surface area (Å²) < 4.78 is 10.5. The van der Waals surface area contributed by atoms with Gasteiger partial charge in [0.05, 0.1) is 20.3 Å². The monoisotopic (exact) mass is 331 g/mol. The van der Waals surface area contributed by atoms with Crippen LogP contribution in [-0.2, 0) is 0 Å². The second-order valence-corrected chi connectivity index (χ2v) is 5.27. The number of hydrogen-bond acceptors (Lipinski definition) is 5. The molecule has 0 saturated heterocycles. The van der Waals surface area contributed by atoms with E-state index in [9.17, 15) is 9.59 Å². The van der Waals surface area contributed by atoms with E-state index in [1.54, 1.807) is 20.3 Å². The van der Waals surface area contributed by atoms with Gasteiger partial charge in [0.1, 0.15) is 11.4 Å². The number of carbonyl (C=O) groups is 2. The van der Waals surface area contributed by atoms with Gasteiger partial charge in [-0.2, -0.15) is 5.10 Å². The van der Waals surface area contributed by atoms with Crippen LogP contribution in [0.1, 0.15) is 52.9 Å². The van der Waals surface area contributed by atoms with Gasteiger partial charge < -0.3 is 14.8 Å². The van der Waals surface area contributed by atoms with Crippen LogP contribution in [0.3, 0.4) is 0 Å². The molecule has 1 aromatic carbocycles. The molecule has 0 aliphatic rings. The first-order chi connectivity index (χ1) is 11.5. The number of rotatable bonds is 7. The number of carbonyl (C=O) groups excluding carboxylic acids is 2. The Kier molecular flexibility index (Phi) is 5.57. The second kappa shape index (κ2) is 7.63. The number of hydrogen-bond donors (Lipinski definition) is 2. The molecule has 7 heteroatoms. The Morgan fingerprint density at radius 2 is 1.92 bits per heavy atom. The first kappa shape index (κ1) is 17.5. The average Bonchev–Trinajstić information content (AvgIpc) is 3.09. The van der Waals surface area contributed by atoms with Gasteiger partial charge in [-0.15, -0.1) is 0 Å². The van der Waals surface area contributed by atoms with Crippen LogP contribution in [0.2, 0.25) is 0 Å². The summed E-state index contributed by atoms with van der Waals surface area (Å²) in [5.74, 6) is 0.707. The molecule has 0 aliphatic carbocycles. The number of Topliss-reactive ketones (excluding diaryl/α,β-unsaturated/α-hetero) is 1. The Labute approximate surface area is 140 Å². The number of nitrogens with zero attached hydrogens (tertiary/aromatic N) is 1. The number of H-pyrrole nitrogens is 1. The number of nitrogens with one attached hydrogen (secondary N) is 2. The molecule has 24 heavy (non-hydrogen) atoms. The van der Waals surface area contributed by atoms with Crippen molar-refractivity contribution in [3.63, 3.8) is 0 Å². The van der Waals surface area contributed by atoms with E-state index in [0.717, 1.165) is 5.56 Å². The van der Waals surface area contributed by atoms with Crippen molar-refractivity contribution in [2.24, 2.45) is 0 Å². The van der Waals surface area contributed by atoms with Gasteiger partial charge in [0.25, 0.3) is 5.91 Å². The van der Waals surface area contributed by atoms with Crippen molar-refractivity contribution >= 4 is 11.7 Å². The first-order valence-electron chi connectivity index (χ1n) is 7.59. The SMILES string of the molecule is CC[C@H](NC(=O)c1cc(C(C)=O)n[nH]1)c1ccc(OC)c(OC)c1. The molecule has 2 aromatic rings. The van der Waals surface area contributed by atoms with Crippen LogP contribution in [0, 0.1) is 0 Å².